The lowest BCUT2D eigenvalue weighted by Crippen LogP contribution is -2.27. The van der Waals surface area contributed by atoms with Crippen molar-refractivity contribution in [2.45, 2.75) is 33.3 Å². The molecule has 1 aromatic heterocycles. The van der Waals surface area contributed by atoms with Gasteiger partial charge in [0.2, 0.25) is 0 Å². The molecule has 1 aromatic carbocycles. The molecule has 0 atom stereocenters. The van der Waals surface area contributed by atoms with Gasteiger partial charge in [-0.25, -0.2) is 4.79 Å². The van der Waals surface area contributed by atoms with Crippen LogP contribution in [0.25, 0.3) is 11.3 Å². The number of hydrogen-bond acceptors (Lipinski definition) is 4. The van der Waals surface area contributed by atoms with Crippen LogP contribution in [0.4, 0.5) is 16.3 Å². The van der Waals surface area contributed by atoms with E-state index in [-0.39, 0.29) is 0 Å². The Labute approximate surface area is 130 Å². The number of nitrogens with zero attached hydrogens (tertiary/aromatic N) is 2. The number of hydrogen-bond donors (Lipinski definition) is 2. The highest BCUT2D eigenvalue weighted by atomic mass is 16.6. The third-order valence-corrected chi connectivity index (χ3v) is 3.08. The molecule has 6 nitrogen and oxygen atoms in total. The Morgan fingerprint density at radius 2 is 2.00 bits per heavy atom. The summed E-state index contributed by atoms with van der Waals surface area (Å²) >= 11 is 0. The Morgan fingerprint density at radius 1 is 1.32 bits per heavy atom. The van der Waals surface area contributed by atoms with Crippen molar-refractivity contribution in [3.05, 3.63) is 29.8 Å². The molecule has 0 aliphatic carbocycles. The number of carbonyl (C=O) groups is 1. The van der Waals surface area contributed by atoms with E-state index in [1.54, 1.807) is 17.8 Å². The second-order valence-electron chi connectivity index (χ2n) is 6.23. The summed E-state index contributed by atoms with van der Waals surface area (Å²) in [6.45, 7) is 7.40. The lowest BCUT2D eigenvalue weighted by Gasteiger charge is -2.20. The zero-order chi connectivity index (χ0) is 16.5. The predicted octanol–water partition coefficient (Wildman–Crippen LogP) is 3.32. The number of anilines is 2. The number of nitrogens with two attached hydrogens (primary N) is 1. The van der Waals surface area contributed by atoms with E-state index in [1.807, 2.05) is 45.9 Å². The molecule has 118 valence electrons. The van der Waals surface area contributed by atoms with E-state index < -0.39 is 11.7 Å². The maximum atomic E-state index is 11.9. The van der Waals surface area contributed by atoms with Gasteiger partial charge in [-0.3, -0.25) is 10.00 Å². The van der Waals surface area contributed by atoms with Crippen LogP contribution >= 0.6 is 0 Å². The number of carbonyl (C=O) groups excluding carboxylic acids is 1. The van der Waals surface area contributed by atoms with Gasteiger partial charge in [0.1, 0.15) is 11.4 Å². The van der Waals surface area contributed by atoms with Crippen LogP contribution in [0.2, 0.25) is 0 Å². The van der Waals surface area contributed by atoms with E-state index in [4.69, 9.17) is 10.5 Å². The van der Waals surface area contributed by atoms with Crippen molar-refractivity contribution in [1.82, 2.24) is 9.78 Å². The van der Waals surface area contributed by atoms with Crippen LogP contribution in [-0.4, -0.2) is 21.5 Å². The van der Waals surface area contributed by atoms with E-state index in [2.05, 4.69) is 10.4 Å². The average Bonchev–Trinajstić information content (AvgIpc) is 2.70. The summed E-state index contributed by atoms with van der Waals surface area (Å²) in [7, 11) is 1.78. The topological polar surface area (TPSA) is 82.2 Å². The third kappa shape index (κ3) is 3.78. The molecule has 0 aliphatic rings. The summed E-state index contributed by atoms with van der Waals surface area (Å²) in [6.07, 6.45) is -0.478. The number of amides is 1. The van der Waals surface area contributed by atoms with Gasteiger partial charge in [0, 0.05) is 24.4 Å². The van der Waals surface area contributed by atoms with E-state index >= 15 is 0 Å². The predicted molar refractivity (Wildman–Crippen MR) is 87.7 cm³/mol. The SMILES string of the molecule is Cc1ccc(-c2cc(N)n(C)n2)cc1NC(=O)OC(C)(C)C. The van der Waals surface area contributed by atoms with Crippen LogP contribution in [-0.2, 0) is 11.8 Å². The fourth-order valence-corrected chi connectivity index (χ4v) is 1.95. The first kappa shape index (κ1) is 15.9. The Kier molecular flexibility index (Phi) is 4.12. The Bertz CT molecular complexity index is 679. The van der Waals surface area contributed by atoms with Gasteiger partial charge in [-0.05, 0) is 39.3 Å². The highest BCUT2D eigenvalue weighted by Crippen LogP contribution is 2.26. The summed E-state index contributed by atoms with van der Waals surface area (Å²) in [6, 6.07) is 7.52. The minimum atomic E-state index is -0.537. The van der Waals surface area contributed by atoms with E-state index in [0.29, 0.717) is 11.5 Å². The van der Waals surface area contributed by atoms with Crippen molar-refractivity contribution in [2.24, 2.45) is 7.05 Å². The van der Waals surface area contributed by atoms with Crippen LogP contribution in [0.3, 0.4) is 0 Å². The number of rotatable bonds is 2. The molecule has 0 aliphatic heterocycles. The molecular weight excluding hydrogens is 280 g/mol. The standard InChI is InChI=1S/C16H22N4O2/c1-10-6-7-11(13-9-14(17)20(5)19-13)8-12(10)18-15(21)22-16(2,3)4/h6-9H,17H2,1-5H3,(H,18,21). The maximum Gasteiger partial charge on any atom is 0.412 e. The number of ether oxygens (including phenoxy) is 1. The molecule has 22 heavy (non-hydrogen) atoms. The van der Waals surface area contributed by atoms with Crippen LogP contribution < -0.4 is 11.1 Å². The third-order valence-electron chi connectivity index (χ3n) is 3.08. The van der Waals surface area contributed by atoms with Crippen molar-refractivity contribution in [3.63, 3.8) is 0 Å². The number of nitrogens with one attached hydrogen (secondary N) is 1. The lowest BCUT2D eigenvalue weighted by atomic mass is 10.1. The average molecular weight is 302 g/mol. The Morgan fingerprint density at radius 3 is 2.55 bits per heavy atom. The molecule has 0 radical (unpaired) electrons. The van der Waals surface area contributed by atoms with Gasteiger partial charge >= 0.3 is 6.09 Å². The highest BCUT2D eigenvalue weighted by Gasteiger charge is 2.17. The largest absolute Gasteiger partial charge is 0.444 e. The van der Waals surface area contributed by atoms with E-state index in [9.17, 15) is 4.79 Å². The quantitative estimate of drug-likeness (QED) is 0.891. The van der Waals surface area contributed by atoms with Gasteiger partial charge in [-0.2, -0.15) is 5.10 Å². The maximum absolute atomic E-state index is 11.9. The van der Waals surface area contributed by atoms with Crippen molar-refractivity contribution in [2.75, 3.05) is 11.1 Å². The number of aryl methyl sites for hydroxylation is 2. The molecule has 2 rings (SSSR count). The zero-order valence-electron chi connectivity index (χ0n) is 13.6. The summed E-state index contributed by atoms with van der Waals surface area (Å²) in [4.78, 5) is 11.9. The molecule has 1 amide bonds. The summed E-state index contributed by atoms with van der Waals surface area (Å²) in [5.41, 5.74) is 8.54. The highest BCUT2D eigenvalue weighted by molar-refractivity contribution is 5.87. The smallest absolute Gasteiger partial charge is 0.412 e. The van der Waals surface area contributed by atoms with Crippen LogP contribution in [0.5, 0.6) is 0 Å². The molecule has 0 unspecified atom stereocenters. The Balaban J connectivity index is 2.25. The van der Waals surface area contributed by atoms with E-state index in [0.717, 1.165) is 16.8 Å². The molecule has 1 heterocycles. The van der Waals surface area contributed by atoms with Crippen molar-refractivity contribution >= 4 is 17.6 Å². The molecule has 0 spiro atoms. The molecule has 6 heteroatoms. The molecular formula is C16H22N4O2. The van der Waals surface area contributed by atoms with Crippen LogP contribution in [0.1, 0.15) is 26.3 Å². The van der Waals surface area contributed by atoms with Gasteiger partial charge in [0.25, 0.3) is 0 Å². The second-order valence-corrected chi connectivity index (χ2v) is 6.23. The monoisotopic (exact) mass is 302 g/mol. The molecule has 0 saturated heterocycles. The van der Waals surface area contributed by atoms with Crippen molar-refractivity contribution in [3.8, 4) is 11.3 Å². The van der Waals surface area contributed by atoms with Crippen LogP contribution in [0, 0.1) is 6.92 Å². The normalized spacial score (nSPS) is 11.3. The molecule has 3 N–H and O–H groups in total. The minimum Gasteiger partial charge on any atom is -0.444 e. The van der Waals surface area contributed by atoms with Gasteiger partial charge in [0.05, 0.1) is 5.69 Å². The minimum absolute atomic E-state index is 0.478. The number of nitrogen functional groups attached to an aromatic ring is 1. The summed E-state index contributed by atoms with van der Waals surface area (Å²) in [5.74, 6) is 0.581. The van der Waals surface area contributed by atoms with Crippen LogP contribution in [0.15, 0.2) is 24.3 Å². The molecule has 0 fully saturated rings. The van der Waals surface area contributed by atoms with Gasteiger partial charge < -0.3 is 10.5 Å². The van der Waals surface area contributed by atoms with Gasteiger partial charge in [-0.1, -0.05) is 12.1 Å². The van der Waals surface area contributed by atoms with Crippen molar-refractivity contribution < 1.29 is 9.53 Å². The molecule has 0 saturated carbocycles. The fourth-order valence-electron chi connectivity index (χ4n) is 1.95. The first-order valence-corrected chi connectivity index (χ1v) is 7.06. The molecule has 0 bridgehead atoms. The van der Waals surface area contributed by atoms with E-state index in [1.165, 1.54) is 0 Å². The summed E-state index contributed by atoms with van der Waals surface area (Å²) in [5, 5.41) is 7.11. The summed E-state index contributed by atoms with van der Waals surface area (Å²) < 4.78 is 6.88. The molecule has 2 aromatic rings. The first-order chi connectivity index (χ1) is 10.2. The second kappa shape index (κ2) is 5.71. The zero-order valence-corrected chi connectivity index (χ0v) is 13.6. The number of aromatic nitrogens is 2. The fraction of sp³-hybridized carbons (Fsp3) is 0.375. The number of benzene rings is 1. The lowest BCUT2D eigenvalue weighted by molar-refractivity contribution is 0.0636. The van der Waals surface area contributed by atoms with Gasteiger partial charge in [0.15, 0.2) is 0 Å². The van der Waals surface area contributed by atoms with Crippen molar-refractivity contribution in [1.29, 1.82) is 0 Å². The van der Waals surface area contributed by atoms with Gasteiger partial charge in [-0.15, -0.1) is 0 Å². The Hall–Kier alpha value is -2.50. The first-order valence-electron chi connectivity index (χ1n) is 7.06.